The van der Waals surface area contributed by atoms with Crippen LogP contribution in [0.3, 0.4) is 0 Å². The first kappa shape index (κ1) is 12.6. The third kappa shape index (κ3) is 2.86. The molecule has 0 bridgehead atoms. The second kappa shape index (κ2) is 6.15. The molecular formula is C17H16O. The molecule has 1 nitrogen and oxygen atoms in total. The van der Waals surface area contributed by atoms with Gasteiger partial charge in [0.15, 0.2) is 0 Å². The van der Waals surface area contributed by atoms with E-state index in [1.807, 2.05) is 6.92 Å². The van der Waals surface area contributed by atoms with Crippen molar-refractivity contribution < 1.29 is 4.79 Å². The molecule has 1 aromatic rings. The molecule has 2 aliphatic rings. The Morgan fingerprint density at radius 1 is 1.06 bits per heavy atom. The minimum absolute atomic E-state index is 0.639. The van der Waals surface area contributed by atoms with Gasteiger partial charge in [0.2, 0.25) is 0 Å². The summed E-state index contributed by atoms with van der Waals surface area (Å²) in [6, 6.07) is 8.47. The molecule has 3 rings (SSSR count). The molecule has 0 atom stereocenters. The van der Waals surface area contributed by atoms with Crippen molar-refractivity contribution in [1.29, 1.82) is 0 Å². The average molecular weight is 236 g/mol. The quantitative estimate of drug-likeness (QED) is 0.675. The predicted octanol–water partition coefficient (Wildman–Crippen LogP) is 3.93. The van der Waals surface area contributed by atoms with Crippen molar-refractivity contribution in [1.82, 2.24) is 0 Å². The molecule has 0 N–H and O–H groups in total. The average Bonchev–Trinajstić information content (AvgIpc) is 2.45. The summed E-state index contributed by atoms with van der Waals surface area (Å²) < 4.78 is 0. The third-order valence-corrected chi connectivity index (χ3v) is 2.78. The van der Waals surface area contributed by atoms with Crippen molar-refractivity contribution in [2.24, 2.45) is 0 Å². The van der Waals surface area contributed by atoms with Crippen molar-refractivity contribution in [3.8, 4) is 0 Å². The van der Waals surface area contributed by atoms with Crippen LogP contribution < -0.4 is 0 Å². The summed E-state index contributed by atoms with van der Waals surface area (Å²) in [6.45, 7) is 1.81. The van der Waals surface area contributed by atoms with Gasteiger partial charge in [-0.25, -0.2) is 0 Å². The number of aldehydes is 1. The Hall–Kier alpha value is -1.89. The van der Waals surface area contributed by atoms with Gasteiger partial charge >= 0.3 is 0 Å². The van der Waals surface area contributed by atoms with Crippen molar-refractivity contribution >= 4 is 12.4 Å². The number of carbonyl (C=O) groups is 1. The number of fused-ring (bicyclic) bond motifs is 2. The van der Waals surface area contributed by atoms with Crippen LogP contribution in [0.4, 0.5) is 0 Å². The Kier molecular flexibility index (Phi) is 4.30. The molecule has 2 aliphatic carbocycles. The molecule has 0 spiro atoms. The third-order valence-electron chi connectivity index (χ3n) is 2.78. The van der Waals surface area contributed by atoms with Crippen molar-refractivity contribution in [2.45, 2.75) is 13.3 Å². The van der Waals surface area contributed by atoms with E-state index in [9.17, 15) is 4.79 Å². The monoisotopic (exact) mass is 236 g/mol. The van der Waals surface area contributed by atoms with Crippen LogP contribution in [0.25, 0.3) is 6.08 Å². The van der Waals surface area contributed by atoms with Gasteiger partial charge in [-0.2, -0.15) is 0 Å². The maximum absolute atomic E-state index is 9.17. The minimum atomic E-state index is 0.639. The summed E-state index contributed by atoms with van der Waals surface area (Å²) in [6.07, 6.45) is 14.5. The normalized spacial score (nSPS) is 15.9. The van der Waals surface area contributed by atoms with Crippen molar-refractivity contribution in [2.75, 3.05) is 0 Å². The van der Waals surface area contributed by atoms with E-state index < -0.39 is 0 Å². The number of hydrogen-bond acceptors (Lipinski definition) is 1. The van der Waals surface area contributed by atoms with E-state index in [-0.39, 0.29) is 0 Å². The van der Waals surface area contributed by atoms with Gasteiger partial charge in [0.1, 0.15) is 6.29 Å². The smallest absolute Gasteiger partial charge is 0.119 e. The molecule has 0 fully saturated rings. The zero-order valence-electron chi connectivity index (χ0n) is 10.5. The van der Waals surface area contributed by atoms with Crippen LogP contribution in [-0.4, -0.2) is 6.29 Å². The zero-order chi connectivity index (χ0) is 12.8. The van der Waals surface area contributed by atoms with E-state index in [1.165, 1.54) is 22.6 Å². The fourth-order valence-corrected chi connectivity index (χ4v) is 1.88. The predicted molar refractivity (Wildman–Crippen MR) is 75.7 cm³/mol. The lowest BCUT2D eigenvalue weighted by atomic mass is 9.81. The molecule has 90 valence electrons. The molecule has 2 radical (unpaired) electrons. The van der Waals surface area contributed by atoms with Crippen LogP contribution >= 0.6 is 0 Å². The lowest BCUT2D eigenvalue weighted by Gasteiger charge is -2.22. The van der Waals surface area contributed by atoms with Crippen LogP contribution in [0, 0.1) is 12.3 Å². The van der Waals surface area contributed by atoms with Gasteiger partial charge < -0.3 is 4.79 Å². The molecule has 1 aromatic carbocycles. The fourth-order valence-electron chi connectivity index (χ4n) is 1.88. The SMILES string of the molecule is CCC=O.[CH]1[C]2C=CC=CC2=Cc2ccccc21. The van der Waals surface area contributed by atoms with Gasteiger partial charge in [-0.3, -0.25) is 0 Å². The van der Waals surface area contributed by atoms with Gasteiger partial charge in [-0.1, -0.05) is 61.6 Å². The summed E-state index contributed by atoms with van der Waals surface area (Å²) >= 11 is 0. The zero-order valence-corrected chi connectivity index (χ0v) is 10.5. The van der Waals surface area contributed by atoms with Crippen LogP contribution in [0.1, 0.15) is 24.5 Å². The first-order valence-electron chi connectivity index (χ1n) is 6.16. The van der Waals surface area contributed by atoms with E-state index >= 15 is 0 Å². The molecule has 0 saturated heterocycles. The molecule has 18 heavy (non-hydrogen) atoms. The highest BCUT2D eigenvalue weighted by molar-refractivity contribution is 5.74. The molecule has 0 aromatic heterocycles. The highest BCUT2D eigenvalue weighted by Crippen LogP contribution is 2.34. The summed E-state index contributed by atoms with van der Waals surface area (Å²) in [5, 5.41) is 0. The Labute approximate surface area is 109 Å². The van der Waals surface area contributed by atoms with Crippen LogP contribution in [-0.2, 0) is 4.79 Å². The molecular weight excluding hydrogens is 220 g/mol. The summed E-state index contributed by atoms with van der Waals surface area (Å²) in [7, 11) is 0. The lowest BCUT2D eigenvalue weighted by Crippen LogP contribution is -2.07. The molecule has 0 unspecified atom stereocenters. The van der Waals surface area contributed by atoms with Gasteiger partial charge in [0, 0.05) is 18.8 Å². The topological polar surface area (TPSA) is 17.1 Å². The minimum Gasteiger partial charge on any atom is -0.303 e. The van der Waals surface area contributed by atoms with Crippen LogP contribution in [0.5, 0.6) is 0 Å². The maximum Gasteiger partial charge on any atom is 0.119 e. The van der Waals surface area contributed by atoms with E-state index in [4.69, 9.17) is 0 Å². The maximum atomic E-state index is 9.17. The number of benzene rings is 1. The Balaban J connectivity index is 0.000000267. The second-order valence-corrected chi connectivity index (χ2v) is 4.12. The Bertz CT molecular complexity index is 506. The molecule has 0 amide bonds. The lowest BCUT2D eigenvalue weighted by molar-refractivity contribution is -0.107. The molecule has 0 saturated carbocycles. The van der Waals surface area contributed by atoms with E-state index in [0.29, 0.717) is 6.42 Å². The highest BCUT2D eigenvalue weighted by Gasteiger charge is 2.19. The number of carbonyl (C=O) groups excluding carboxylic acids is 1. The second-order valence-electron chi connectivity index (χ2n) is 4.12. The number of rotatable bonds is 1. The van der Waals surface area contributed by atoms with Crippen molar-refractivity contribution in [3.05, 3.63) is 77.6 Å². The standard InChI is InChI=1S/C14H10.C3H6O/c1-2-6-12-10-14-8-4-3-7-13(14)9-11(12)5-1;1-2-3-4/h1-10H;3H,2H2,1H3. The summed E-state index contributed by atoms with van der Waals surface area (Å²) in [5.41, 5.74) is 3.93. The largest absolute Gasteiger partial charge is 0.303 e. The van der Waals surface area contributed by atoms with Gasteiger partial charge in [0.05, 0.1) is 0 Å². The Morgan fingerprint density at radius 3 is 2.44 bits per heavy atom. The van der Waals surface area contributed by atoms with Crippen molar-refractivity contribution in [3.63, 3.8) is 0 Å². The van der Waals surface area contributed by atoms with Gasteiger partial charge in [-0.05, 0) is 16.7 Å². The van der Waals surface area contributed by atoms with Gasteiger partial charge in [-0.15, -0.1) is 0 Å². The Morgan fingerprint density at radius 2 is 1.72 bits per heavy atom. The van der Waals surface area contributed by atoms with E-state index in [2.05, 4.69) is 61.1 Å². The first-order valence-corrected chi connectivity index (χ1v) is 6.16. The van der Waals surface area contributed by atoms with Gasteiger partial charge in [0.25, 0.3) is 0 Å². The number of hydrogen-bond donors (Lipinski definition) is 0. The summed E-state index contributed by atoms with van der Waals surface area (Å²) in [5.74, 6) is 1.31. The first-order chi connectivity index (χ1) is 8.85. The van der Waals surface area contributed by atoms with E-state index in [1.54, 1.807) is 0 Å². The highest BCUT2D eigenvalue weighted by atomic mass is 16.1. The molecule has 0 heterocycles. The van der Waals surface area contributed by atoms with E-state index in [0.717, 1.165) is 6.29 Å². The molecule has 0 aliphatic heterocycles. The number of allylic oxidation sites excluding steroid dienone is 5. The van der Waals surface area contributed by atoms with Crippen LogP contribution in [0.15, 0.2) is 54.1 Å². The summed E-state index contributed by atoms with van der Waals surface area (Å²) in [4.78, 5) is 9.17. The fraction of sp³-hybridized carbons (Fsp3) is 0.118. The van der Waals surface area contributed by atoms with Crippen LogP contribution in [0.2, 0.25) is 0 Å². The molecule has 1 heteroatoms.